The lowest BCUT2D eigenvalue weighted by Crippen LogP contribution is -2.10. The summed E-state index contributed by atoms with van der Waals surface area (Å²) in [6, 6.07) is 1.86. The number of hydrogen-bond donors (Lipinski definition) is 2. The zero-order valence-electron chi connectivity index (χ0n) is 8.24. The Morgan fingerprint density at radius 2 is 2.00 bits per heavy atom. The lowest BCUT2D eigenvalue weighted by atomic mass is 10.3. The Bertz CT molecular complexity index is 319. The largest absolute Gasteiger partial charge is 0.481 e. The fourth-order valence-electron chi connectivity index (χ4n) is 1.09. The van der Waals surface area contributed by atoms with Crippen molar-refractivity contribution < 1.29 is 9.90 Å². The average molecular weight is 195 g/mol. The van der Waals surface area contributed by atoms with Gasteiger partial charge in [-0.2, -0.15) is 0 Å². The number of carboxylic acids is 1. The second kappa shape index (κ2) is 4.55. The molecule has 1 aromatic rings. The minimum atomic E-state index is -0.832. The topological polar surface area (TPSA) is 75.1 Å². The van der Waals surface area contributed by atoms with E-state index >= 15 is 0 Å². The molecular weight excluding hydrogens is 182 g/mol. The predicted octanol–water partition coefficient (Wildman–Crippen LogP) is 0.980. The quantitative estimate of drug-likeness (QED) is 0.749. The number of aromatic nitrogens is 2. The van der Waals surface area contributed by atoms with Crippen LogP contribution in [0.5, 0.6) is 0 Å². The normalized spacial score (nSPS) is 9.86. The zero-order chi connectivity index (χ0) is 10.6. The van der Waals surface area contributed by atoms with Crippen molar-refractivity contribution in [1.29, 1.82) is 0 Å². The predicted molar refractivity (Wildman–Crippen MR) is 52.2 cm³/mol. The fraction of sp³-hybridized carbons (Fsp3) is 0.444. The Morgan fingerprint density at radius 3 is 2.50 bits per heavy atom. The number of nitrogens with zero attached hydrogens (tertiary/aromatic N) is 2. The number of rotatable bonds is 4. The maximum absolute atomic E-state index is 10.2. The maximum Gasteiger partial charge on any atom is 0.305 e. The average Bonchev–Trinajstić information content (AvgIpc) is 2.01. The van der Waals surface area contributed by atoms with Crippen molar-refractivity contribution in [3.8, 4) is 0 Å². The highest BCUT2D eigenvalue weighted by molar-refractivity contribution is 5.67. The van der Waals surface area contributed by atoms with Crippen LogP contribution in [0.3, 0.4) is 0 Å². The monoisotopic (exact) mass is 195 g/mol. The van der Waals surface area contributed by atoms with Crippen LogP contribution in [-0.4, -0.2) is 27.6 Å². The minimum Gasteiger partial charge on any atom is -0.481 e. The summed E-state index contributed by atoms with van der Waals surface area (Å²) in [5, 5.41) is 11.3. The molecule has 76 valence electrons. The Kier molecular flexibility index (Phi) is 3.39. The molecule has 0 bridgehead atoms. The lowest BCUT2D eigenvalue weighted by molar-refractivity contribution is -0.136. The van der Waals surface area contributed by atoms with Crippen LogP contribution < -0.4 is 5.32 Å². The van der Waals surface area contributed by atoms with Crippen LogP contribution in [0.4, 0.5) is 5.95 Å². The van der Waals surface area contributed by atoms with Gasteiger partial charge in [-0.05, 0) is 19.9 Å². The van der Waals surface area contributed by atoms with Crippen LogP contribution in [0.2, 0.25) is 0 Å². The van der Waals surface area contributed by atoms with E-state index in [0.717, 1.165) is 11.4 Å². The van der Waals surface area contributed by atoms with E-state index in [1.807, 2.05) is 19.9 Å². The van der Waals surface area contributed by atoms with Gasteiger partial charge in [0, 0.05) is 17.9 Å². The molecule has 1 aromatic heterocycles. The van der Waals surface area contributed by atoms with Crippen molar-refractivity contribution in [2.75, 3.05) is 11.9 Å². The van der Waals surface area contributed by atoms with Crippen molar-refractivity contribution in [3.05, 3.63) is 17.5 Å². The zero-order valence-corrected chi connectivity index (χ0v) is 8.24. The van der Waals surface area contributed by atoms with Crippen LogP contribution >= 0.6 is 0 Å². The van der Waals surface area contributed by atoms with Crippen LogP contribution in [0.15, 0.2) is 6.07 Å². The van der Waals surface area contributed by atoms with Gasteiger partial charge in [-0.25, -0.2) is 9.97 Å². The summed E-state index contributed by atoms with van der Waals surface area (Å²) in [6.07, 6.45) is 0.0658. The molecule has 0 fully saturated rings. The van der Waals surface area contributed by atoms with Gasteiger partial charge in [-0.1, -0.05) is 0 Å². The Morgan fingerprint density at radius 1 is 1.43 bits per heavy atom. The van der Waals surface area contributed by atoms with E-state index in [0.29, 0.717) is 12.5 Å². The molecule has 0 amide bonds. The van der Waals surface area contributed by atoms with Crippen LogP contribution in [0, 0.1) is 13.8 Å². The Balaban J connectivity index is 2.54. The Hall–Kier alpha value is -1.65. The van der Waals surface area contributed by atoms with E-state index in [4.69, 9.17) is 5.11 Å². The smallest absolute Gasteiger partial charge is 0.305 e. The van der Waals surface area contributed by atoms with Crippen molar-refractivity contribution >= 4 is 11.9 Å². The SMILES string of the molecule is Cc1cc(C)nc(NCCC(=O)O)n1. The molecule has 0 aliphatic rings. The molecule has 0 radical (unpaired) electrons. The number of nitrogens with one attached hydrogen (secondary N) is 1. The Labute approximate surface area is 82.2 Å². The second-order valence-electron chi connectivity index (χ2n) is 3.04. The third kappa shape index (κ3) is 3.38. The molecule has 2 N–H and O–H groups in total. The van der Waals surface area contributed by atoms with Crippen molar-refractivity contribution in [1.82, 2.24) is 9.97 Å². The number of aliphatic carboxylic acids is 1. The van der Waals surface area contributed by atoms with Gasteiger partial charge in [-0.15, -0.1) is 0 Å². The highest BCUT2D eigenvalue weighted by Gasteiger charge is 2.00. The first-order valence-electron chi connectivity index (χ1n) is 4.36. The van der Waals surface area contributed by atoms with Gasteiger partial charge in [0.15, 0.2) is 0 Å². The van der Waals surface area contributed by atoms with E-state index in [9.17, 15) is 4.79 Å². The lowest BCUT2D eigenvalue weighted by Gasteiger charge is -2.04. The van der Waals surface area contributed by atoms with Gasteiger partial charge in [0.05, 0.1) is 6.42 Å². The molecule has 0 aliphatic carbocycles. The van der Waals surface area contributed by atoms with Gasteiger partial charge in [0.1, 0.15) is 0 Å². The molecule has 0 atom stereocenters. The van der Waals surface area contributed by atoms with Gasteiger partial charge in [0.2, 0.25) is 5.95 Å². The third-order valence-electron chi connectivity index (χ3n) is 1.60. The molecule has 14 heavy (non-hydrogen) atoms. The standard InChI is InChI=1S/C9H13N3O2/c1-6-5-7(2)12-9(11-6)10-4-3-8(13)14/h5H,3-4H2,1-2H3,(H,13,14)(H,10,11,12). The molecule has 1 heterocycles. The van der Waals surface area contributed by atoms with Crippen LogP contribution in [0.1, 0.15) is 17.8 Å². The van der Waals surface area contributed by atoms with Crippen LogP contribution in [0.25, 0.3) is 0 Å². The summed E-state index contributed by atoms with van der Waals surface area (Å²) >= 11 is 0. The molecular formula is C9H13N3O2. The first kappa shape index (κ1) is 10.4. The van der Waals surface area contributed by atoms with Gasteiger partial charge >= 0.3 is 5.97 Å². The first-order valence-corrected chi connectivity index (χ1v) is 4.36. The summed E-state index contributed by atoms with van der Waals surface area (Å²) < 4.78 is 0. The number of carboxylic acid groups (broad SMARTS) is 1. The van der Waals surface area contributed by atoms with Crippen molar-refractivity contribution in [2.45, 2.75) is 20.3 Å². The number of aryl methyl sites for hydroxylation is 2. The molecule has 0 aliphatic heterocycles. The molecule has 0 aromatic carbocycles. The molecule has 0 saturated carbocycles. The highest BCUT2D eigenvalue weighted by Crippen LogP contribution is 2.03. The third-order valence-corrected chi connectivity index (χ3v) is 1.60. The molecule has 5 heteroatoms. The van der Waals surface area contributed by atoms with E-state index in [-0.39, 0.29) is 6.42 Å². The minimum absolute atomic E-state index is 0.0658. The van der Waals surface area contributed by atoms with E-state index in [1.165, 1.54) is 0 Å². The van der Waals surface area contributed by atoms with E-state index in [1.54, 1.807) is 0 Å². The van der Waals surface area contributed by atoms with Gasteiger partial charge in [-0.3, -0.25) is 4.79 Å². The number of carbonyl (C=O) groups is 1. The van der Waals surface area contributed by atoms with E-state index < -0.39 is 5.97 Å². The molecule has 0 saturated heterocycles. The summed E-state index contributed by atoms with van der Waals surface area (Å²) in [7, 11) is 0. The summed E-state index contributed by atoms with van der Waals surface area (Å²) in [6.45, 7) is 4.09. The summed E-state index contributed by atoms with van der Waals surface area (Å²) in [4.78, 5) is 18.5. The highest BCUT2D eigenvalue weighted by atomic mass is 16.4. The van der Waals surface area contributed by atoms with Gasteiger partial charge in [0.25, 0.3) is 0 Å². The number of anilines is 1. The molecule has 0 spiro atoms. The van der Waals surface area contributed by atoms with Gasteiger partial charge < -0.3 is 10.4 Å². The molecule has 5 nitrogen and oxygen atoms in total. The van der Waals surface area contributed by atoms with Crippen molar-refractivity contribution in [3.63, 3.8) is 0 Å². The first-order chi connectivity index (χ1) is 6.58. The van der Waals surface area contributed by atoms with Crippen LogP contribution in [-0.2, 0) is 4.79 Å². The maximum atomic E-state index is 10.2. The second-order valence-corrected chi connectivity index (χ2v) is 3.04. The van der Waals surface area contributed by atoms with E-state index in [2.05, 4.69) is 15.3 Å². The summed E-state index contributed by atoms with van der Waals surface area (Å²) in [5.41, 5.74) is 1.74. The molecule has 0 unspecified atom stereocenters. The molecule has 1 rings (SSSR count). The number of hydrogen-bond acceptors (Lipinski definition) is 4. The van der Waals surface area contributed by atoms with Crippen molar-refractivity contribution in [2.24, 2.45) is 0 Å². The fourth-order valence-corrected chi connectivity index (χ4v) is 1.09. The summed E-state index contributed by atoms with van der Waals surface area (Å²) in [5.74, 6) is -0.342.